The zero-order valence-corrected chi connectivity index (χ0v) is 11.4. The zero-order chi connectivity index (χ0) is 12.7. The molecule has 3 N–H and O–H groups in total. The van der Waals surface area contributed by atoms with Crippen LogP contribution in [-0.4, -0.2) is 30.8 Å². The summed E-state index contributed by atoms with van der Waals surface area (Å²) in [6, 6.07) is 5.61. The van der Waals surface area contributed by atoms with Crippen LogP contribution in [0, 0.1) is 0 Å². The van der Waals surface area contributed by atoms with E-state index in [2.05, 4.69) is 10.6 Å². The first-order valence-electron chi connectivity index (χ1n) is 5.63. The van der Waals surface area contributed by atoms with Crippen LogP contribution in [0.25, 0.3) is 0 Å². The quantitative estimate of drug-likeness (QED) is 0.668. The van der Waals surface area contributed by atoms with Crippen molar-refractivity contribution >= 4 is 23.2 Å². The molecule has 0 amide bonds. The SMILES string of the molecule is CC(O)CNCCNCc1cccc(Cl)c1Cl. The van der Waals surface area contributed by atoms with E-state index in [0.717, 1.165) is 18.7 Å². The van der Waals surface area contributed by atoms with Crippen LogP contribution in [0.15, 0.2) is 18.2 Å². The maximum absolute atomic E-state index is 9.04. The fourth-order valence-electron chi connectivity index (χ4n) is 1.40. The molecule has 1 aromatic rings. The minimum absolute atomic E-state index is 0.308. The molecule has 1 aromatic carbocycles. The summed E-state index contributed by atoms with van der Waals surface area (Å²) in [5, 5.41) is 16.6. The molecule has 17 heavy (non-hydrogen) atoms. The van der Waals surface area contributed by atoms with E-state index < -0.39 is 0 Å². The molecule has 1 rings (SSSR count). The maximum Gasteiger partial charge on any atom is 0.0637 e. The van der Waals surface area contributed by atoms with E-state index >= 15 is 0 Å². The lowest BCUT2D eigenvalue weighted by atomic mass is 10.2. The average Bonchev–Trinajstić information content (AvgIpc) is 2.28. The lowest BCUT2D eigenvalue weighted by Crippen LogP contribution is -2.31. The van der Waals surface area contributed by atoms with E-state index in [0.29, 0.717) is 23.1 Å². The number of nitrogens with one attached hydrogen (secondary N) is 2. The van der Waals surface area contributed by atoms with E-state index in [9.17, 15) is 0 Å². The molecule has 0 aromatic heterocycles. The van der Waals surface area contributed by atoms with Gasteiger partial charge in [-0.05, 0) is 18.6 Å². The summed E-state index contributed by atoms with van der Waals surface area (Å²) < 4.78 is 0. The van der Waals surface area contributed by atoms with E-state index in [1.807, 2.05) is 12.1 Å². The van der Waals surface area contributed by atoms with Gasteiger partial charge in [-0.3, -0.25) is 0 Å². The van der Waals surface area contributed by atoms with E-state index in [1.165, 1.54) is 0 Å². The molecule has 5 heteroatoms. The third-order valence-electron chi connectivity index (χ3n) is 2.27. The van der Waals surface area contributed by atoms with Gasteiger partial charge in [0.25, 0.3) is 0 Å². The summed E-state index contributed by atoms with van der Waals surface area (Å²) in [5.41, 5.74) is 0.995. The first-order valence-corrected chi connectivity index (χ1v) is 6.39. The molecule has 0 aliphatic carbocycles. The molecule has 96 valence electrons. The second-order valence-corrected chi connectivity index (χ2v) is 4.73. The maximum atomic E-state index is 9.04. The Morgan fingerprint density at radius 2 is 1.94 bits per heavy atom. The molecule has 1 atom stereocenters. The summed E-state index contributed by atoms with van der Waals surface area (Å²) in [6.45, 7) is 4.68. The van der Waals surface area contributed by atoms with Gasteiger partial charge in [-0.25, -0.2) is 0 Å². The van der Waals surface area contributed by atoms with Crippen LogP contribution in [-0.2, 0) is 6.54 Å². The van der Waals surface area contributed by atoms with Crippen LogP contribution in [0.1, 0.15) is 12.5 Å². The highest BCUT2D eigenvalue weighted by molar-refractivity contribution is 6.42. The fraction of sp³-hybridized carbons (Fsp3) is 0.500. The molecular formula is C12H18Cl2N2O. The largest absolute Gasteiger partial charge is 0.392 e. The fourth-order valence-corrected chi connectivity index (χ4v) is 1.78. The highest BCUT2D eigenvalue weighted by Gasteiger charge is 2.03. The van der Waals surface area contributed by atoms with Crippen molar-refractivity contribution in [1.82, 2.24) is 10.6 Å². The highest BCUT2D eigenvalue weighted by atomic mass is 35.5. The number of aliphatic hydroxyl groups is 1. The van der Waals surface area contributed by atoms with Crippen molar-refractivity contribution in [2.75, 3.05) is 19.6 Å². The van der Waals surface area contributed by atoms with Crippen molar-refractivity contribution in [3.8, 4) is 0 Å². The summed E-state index contributed by atoms with van der Waals surface area (Å²) in [4.78, 5) is 0. The number of hydrogen-bond donors (Lipinski definition) is 3. The van der Waals surface area contributed by atoms with Crippen LogP contribution in [0.4, 0.5) is 0 Å². The monoisotopic (exact) mass is 276 g/mol. The third-order valence-corrected chi connectivity index (χ3v) is 3.12. The minimum atomic E-state index is -0.308. The third kappa shape index (κ3) is 5.70. The number of aliphatic hydroxyl groups excluding tert-OH is 1. The molecule has 0 saturated carbocycles. The zero-order valence-electron chi connectivity index (χ0n) is 9.84. The molecule has 3 nitrogen and oxygen atoms in total. The Kier molecular flexibility index (Phi) is 6.85. The van der Waals surface area contributed by atoms with Crippen molar-refractivity contribution in [3.63, 3.8) is 0 Å². The lowest BCUT2D eigenvalue weighted by Gasteiger charge is -2.09. The Hall–Kier alpha value is -0.320. The van der Waals surface area contributed by atoms with Crippen molar-refractivity contribution in [2.45, 2.75) is 19.6 Å². The molecule has 0 bridgehead atoms. The van der Waals surface area contributed by atoms with Crippen LogP contribution in [0.5, 0.6) is 0 Å². The Bertz CT molecular complexity index is 345. The number of halogens is 2. The summed E-state index contributed by atoms with van der Waals surface area (Å²) >= 11 is 12.0. The van der Waals surface area contributed by atoms with Gasteiger partial charge in [-0.15, -0.1) is 0 Å². The standard InChI is InChI=1S/C12H18Cl2N2O/c1-9(17)7-15-5-6-16-8-10-3-2-4-11(13)12(10)14/h2-4,9,15-17H,5-8H2,1H3. The number of hydrogen-bond acceptors (Lipinski definition) is 3. The van der Waals surface area contributed by atoms with E-state index in [-0.39, 0.29) is 6.10 Å². The molecule has 0 fully saturated rings. The van der Waals surface area contributed by atoms with Crippen LogP contribution in [0.3, 0.4) is 0 Å². The van der Waals surface area contributed by atoms with Crippen molar-refractivity contribution in [3.05, 3.63) is 33.8 Å². The molecule has 0 radical (unpaired) electrons. The Labute approximate surface area is 112 Å². The van der Waals surface area contributed by atoms with Crippen molar-refractivity contribution < 1.29 is 5.11 Å². The van der Waals surface area contributed by atoms with Crippen LogP contribution >= 0.6 is 23.2 Å². The Balaban J connectivity index is 2.20. The molecule has 0 spiro atoms. The average molecular weight is 277 g/mol. The van der Waals surface area contributed by atoms with Gasteiger partial charge in [0, 0.05) is 26.2 Å². The second-order valence-electron chi connectivity index (χ2n) is 3.94. The van der Waals surface area contributed by atoms with Gasteiger partial charge >= 0.3 is 0 Å². The summed E-state index contributed by atoms with van der Waals surface area (Å²) in [7, 11) is 0. The van der Waals surface area contributed by atoms with Gasteiger partial charge in [0.1, 0.15) is 0 Å². The Morgan fingerprint density at radius 3 is 2.65 bits per heavy atom. The topological polar surface area (TPSA) is 44.3 Å². The van der Waals surface area contributed by atoms with Gasteiger partial charge in [0.05, 0.1) is 16.1 Å². The van der Waals surface area contributed by atoms with Gasteiger partial charge in [0.15, 0.2) is 0 Å². The van der Waals surface area contributed by atoms with Crippen molar-refractivity contribution in [2.24, 2.45) is 0 Å². The smallest absolute Gasteiger partial charge is 0.0637 e. The number of rotatable bonds is 7. The molecular weight excluding hydrogens is 259 g/mol. The molecule has 1 unspecified atom stereocenters. The van der Waals surface area contributed by atoms with Crippen LogP contribution < -0.4 is 10.6 Å². The lowest BCUT2D eigenvalue weighted by molar-refractivity contribution is 0.191. The normalized spacial score (nSPS) is 12.7. The predicted molar refractivity (Wildman–Crippen MR) is 72.7 cm³/mol. The van der Waals surface area contributed by atoms with Gasteiger partial charge in [-0.2, -0.15) is 0 Å². The molecule has 0 aliphatic rings. The second kappa shape index (κ2) is 7.90. The van der Waals surface area contributed by atoms with Gasteiger partial charge < -0.3 is 15.7 Å². The van der Waals surface area contributed by atoms with E-state index in [4.69, 9.17) is 28.3 Å². The number of benzene rings is 1. The minimum Gasteiger partial charge on any atom is -0.392 e. The molecule has 0 saturated heterocycles. The van der Waals surface area contributed by atoms with Gasteiger partial charge in [-0.1, -0.05) is 35.3 Å². The van der Waals surface area contributed by atoms with Gasteiger partial charge in [0.2, 0.25) is 0 Å². The predicted octanol–water partition coefficient (Wildman–Crippen LogP) is 2.05. The summed E-state index contributed by atoms with van der Waals surface area (Å²) in [5.74, 6) is 0. The molecule has 0 heterocycles. The van der Waals surface area contributed by atoms with Crippen LogP contribution in [0.2, 0.25) is 10.0 Å². The van der Waals surface area contributed by atoms with E-state index in [1.54, 1.807) is 13.0 Å². The molecule has 0 aliphatic heterocycles. The highest BCUT2D eigenvalue weighted by Crippen LogP contribution is 2.25. The first-order chi connectivity index (χ1) is 8.11. The first kappa shape index (κ1) is 14.7. The van der Waals surface area contributed by atoms with Crippen molar-refractivity contribution in [1.29, 1.82) is 0 Å². The Morgan fingerprint density at radius 1 is 1.24 bits per heavy atom. The summed E-state index contributed by atoms with van der Waals surface area (Å²) in [6.07, 6.45) is -0.308.